The van der Waals surface area contributed by atoms with Crippen molar-refractivity contribution in [3.8, 4) is 5.75 Å². The molecule has 1 saturated heterocycles. The highest BCUT2D eigenvalue weighted by molar-refractivity contribution is 8.19. The molecule has 0 unspecified atom stereocenters. The number of hydrogen-bond donors (Lipinski definition) is 1. The number of halogens is 3. The van der Waals surface area contributed by atoms with Gasteiger partial charge in [0.1, 0.15) is 5.75 Å². The Bertz CT molecular complexity index is 893. The first-order valence-corrected chi connectivity index (χ1v) is 7.81. The lowest BCUT2D eigenvalue weighted by Crippen LogP contribution is -2.28. The van der Waals surface area contributed by atoms with E-state index >= 15 is 0 Å². The third-order valence-electron chi connectivity index (χ3n) is 3.39. The van der Waals surface area contributed by atoms with Gasteiger partial charge >= 0.3 is 6.18 Å². The van der Waals surface area contributed by atoms with Crippen molar-refractivity contribution < 1.29 is 27.9 Å². The van der Waals surface area contributed by atoms with Gasteiger partial charge < -0.3 is 5.11 Å². The fourth-order valence-electron chi connectivity index (χ4n) is 2.28. The first-order valence-electron chi connectivity index (χ1n) is 7.00. The maximum atomic E-state index is 12.8. The van der Waals surface area contributed by atoms with E-state index in [1.165, 1.54) is 24.3 Å². The zero-order chi connectivity index (χ0) is 18.2. The van der Waals surface area contributed by atoms with Gasteiger partial charge in [-0.3, -0.25) is 9.59 Å². The molecule has 0 spiro atoms. The third kappa shape index (κ3) is 3.53. The smallest absolute Gasteiger partial charge is 0.416 e. The molecule has 3 rings (SSSR count). The minimum atomic E-state index is -4.57. The zero-order valence-corrected chi connectivity index (χ0v) is 13.3. The summed E-state index contributed by atoms with van der Waals surface area (Å²) >= 11 is 0.626. The summed E-state index contributed by atoms with van der Waals surface area (Å²) in [6, 6.07) is 10.1. The number of anilines is 1. The van der Waals surface area contributed by atoms with Gasteiger partial charge in [-0.2, -0.15) is 13.2 Å². The highest BCUT2D eigenvalue weighted by Gasteiger charge is 2.38. The number of aromatic hydroxyl groups is 1. The highest BCUT2D eigenvalue weighted by Crippen LogP contribution is 2.38. The molecule has 1 heterocycles. The van der Waals surface area contributed by atoms with Crippen molar-refractivity contribution in [2.75, 3.05) is 4.90 Å². The summed E-state index contributed by atoms with van der Waals surface area (Å²) in [5, 5.41) is 8.75. The number of rotatable bonds is 2. The molecule has 1 N–H and O–H groups in total. The lowest BCUT2D eigenvalue weighted by Gasteiger charge is -2.14. The van der Waals surface area contributed by atoms with Crippen molar-refractivity contribution in [3.63, 3.8) is 0 Å². The van der Waals surface area contributed by atoms with E-state index in [0.717, 1.165) is 18.2 Å². The summed E-state index contributed by atoms with van der Waals surface area (Å²) < 4.78 is 38.5. The second-order valence-corrected chi connectivity index (χ2v) is 6.15. The van der Waals surface area contributed by atoms with Gasteiger partial charge in [0, 0.05) is 0 Å². The van der Waals surface area contributed by atoms with Gasteiger partial charge in [0.25, 0.3) is 11.1 Å². The van der Waals surface area contributed by atoms with Crippen LogP contribution in [0.4, 0.5) is 23.7 Å². The van der Waals surface area contributed by atoms with Crippen LogP contribution in [0.25, 0.3) is 6.08 Å². The van der Waals surface area contributed by atoms with Crippen LogP contribution in [0.3, 0.4) is 0 Å². The second-order valence-electron chi connectivity index (χ2n) is 5.16. The summed E-state index contributed by atoms with van der Waals surface area (Å²) in [5.41, 5.74) is -0.591. The van der Waals surface area contributed by atoms with Crippen LogP contribution in [0.15, 0.2) is 53.4 Å². The Kier molecular flexibility index (Phi) is 4.30. The van der Waals surface area contributed by atoms with Gasteiger partial charge in [-0.1, -0.05) is 18.2 Å². The number of imide groups is 1. The van der Waals surface area contributed by atoms with E-state index in [1.807, 2.05) is 0 Å². The Morgan fingerprint density at radius 2 is 1.76 bits per heavy atom. The Hall–Kier alpha value is -2.74. The van der Waals surface area contributed by atoms with Crippen LogP contribution in [-0.2, 0) is 11.0 Å². The molecule has 4 nitrogen and oxygen atoms in total. The van der Waals surface area contributed by atoms with Gasteiger partial charge in [0.2, 0.25) is 0 Å². The number of phenolic OH excluding ortho intramolecular Hbond substituents is 1. The summed E-state index contributed by atoms with van der Waals surface area (Å²) in [5.74, 6) is -0.719. The molecule has 2 aromatic rings. The van der Waals surface area contributed by atoms with Gasteiger partial charge in [0.05, 0.1) is 16.2 Å². The van der Waals surface area contributed by atoms with Crippen LogP contribution in [0.1, 0.15) is 11.1 Å². The van der Waals surface area contributed by atoms with Crippen LogP contribution in [0, 0.1) is 0 Å². The summed E-state index contributed by atoms with van der Waals surface area (Å²) in [6.45, 7) is 0. The molecule has 0 atom stereocenters. The number of thioether (sulfide) groups is 1. The minimum Gasteiger partial charge on any atom is -0.508 e. The van der Waals surface area contributed by atoms with Crippen LogP contribution in [-0.4, -0.2) is 16.3 Å². The van der Waals surface area contributed by atoms with Crippen LogP contribution in [0.2, 0.25) is 0 Å². The van der Waals surface area contributed by atoms with Crippen LogP contribution < -0.4 is 4.90 Å². The number of benzene rings is 2. The molecule has 0 aliphatic carbocycles. The number of alkyl halides is 3. The Morgan fingerprint density at radius 1 is 1.04 bits per heavy atom. The van der Waals surface area contributed by atoms with Gasteiger partial charge in [-0.05, 0) is 53.7 Å². The summed E-state index contributed by atoms with van der Waals surface area (Å²) in [7, 11) is 0. The van der Waals surface area contributed by atoms with E-state index in [0.29, 0.717) is 22.2 Å². The van der Waals surface area contributed by atoms with Crippen molar-refractivity contribution >= 4 is 34.7 Å². The lowest BCUT2D eigenvalue weighted by molar-refractivity contribution is -0.137. The number of phenols is 1. The predicted molar refractivity (Wildman–Crippen MR) is 88.0 cm³/mol. The standard InChI is InChI=1S/C17H10F3NO3S/c18-17(19,20)11-4-2-5-12(9-11)21-15(23)14(25-16(21)24)8-10-3-1-6-13(22)7-10/h1-9,22H/b14-8-. The first-order chi connectivity index (χ1) is 11.8. The van der Waals surface area contributed by atoms with E-state index in [-0.39, 0.29) is 16.3 Å². The summed E-state index contributed by atoms with van der Waals surface area (Å²) in [6.07, 6.45) is -3.17. The molecule has 0 bridgehead atoms. The normalized spacial score (nSPS) is 16.8. The molecule has 0 radical (unpaired) electrons. The van der Waals surface area contributed by atoms with Crippen molar-refractivity contribution in [2.45, 2.75) is 6.18 Å². The Balaban J connectivity index is 1.95. The minimum absolute atomic E-state index is 0.00847. The van der Waals surface area contributed by atoms with E-state index in [2.05, 4.69) is 0 Å². The first kappa shape index (κ1) is 17.1. The maximum Gasteiger partial charge on any atom is 0.416 e. The molecule has 1 aliphatic heterocycles. The number of amides is 2. The Labute approximate surface area is 144 Å². The quantitative estimate of drug-likeness (QED) is 0.787. The largest absolute Gasteiger partial charge is 0.508 e. The molecular weight excluding hydrogens is 355 g/mol. The molecule has 1 aliphatic rings. The lowest BCUT2D eigenvalue weighted by atomic mass is 10.1. The van der Waals surface area contributed by atoms with Gasteiger partial charge in [0.15, 0.2) is 0 Å². The SMILES string of the molecule is O=C1S/C(=C\c2cccc(O)c2)C(=O)N1c1cccc(C(F)(F)F)c1. The second kappa shape index (κ2) is 6.29. The van der Waals surface area contributed by atoms with Crippen molar-refractivity contribution in [2.24, 2.45) is 0 Å². The molecule has 128 valence electrons. The van der Waals surface area contributed by atoms with Gasteiger partial charge in [-0.25, -0.2) is 4.90 Å². The fraction of sp³-hybridized carbons (Fsp3) is 0.0588. The number of hydrogen-bond acceptors (Lipinski definition) is 4. The van der Waals surface area contributed by atoms with E-state index < -0.39 is 22.9 Å². The topological polar surface area (TPSA) is 57.6 Å². The monoisotopic (exact) mass is 365 g/mol. The molecule has 0 aromatic heterocycles. The third-order valence-corrected chi connectivity index (χ3v) is 4.26. The molecule has 0 saturated carbocycles. The Morgan fingerprint density at radius 3 is 2.44 bits per heavy atom. The maximum absolute atomic E-state index is 12.8. The molecular formula is C17H10F3NO3S. The molecule has 8 heteroatoms. The van der Waals surface area contributed by atoms with E-state index in [9.17, 15) is 27.9 Å². The number of carbonyl (C=O) groups excluding carboxylic acids is 2. The van der Waals surface area contributed by atoms with Crippen molar-refractivity contribution in [3.05, 3.63) is 64.6 Å². The molecule has 25 heavy (non-hydrogen) atoms. The van der Waals surface area contributed by atoms with Crippen LogP contribution >= 0.6 is 11.8 Å². The van der Waals surface area contributed by atoms with Crippen molar-refractivity contribution in [1.29, 1.82) is 0 Å². The van der Waals surface area contributed by atoms with E-state index in [4.69, 9.17) is 0 Å². The average molecular weight is 365 g/mol. The highest BCUT2D eigenvalue weighted by atomic mass is 32.2. The molecule has 2 amide bonds. The predicted octanol–water partition coefficient (Wildman–Crippen LogP) is 4.65. The zero-order valence-electron chi connectivity index (χ0n) is 12.4. The molecule has 1 fully saturated rings. The van der Waals surface area contributed by atoms with Crippen LogP contribution in [0.5, 0.6) is 5.75 Å². The average Bonchev–Trinajstić information content (AvgIpc) is 2.81. The van der Waals surface area contributed by atoms with Gasteiger partial charge in [-0.15, -0.1) is 0 Å². The fourth-order valence-corrected chi connectivity index (χ4v) is 3.12. The van der Waals surface area contributed by atoms with Crippen molar-refractivity contribution in [1.82, 2.24) is 0 Å². The molecule has 2 aromatic carbocycles. The number of carbonyl (C=O) groups is 2. The number of nitrogens with zero attached hydrogens (tertiary/aromatic N) is 1. The summed E-state index contributed by atoms with van der Waals surface area (Å²) in [4.78, 5) is 25.3. The van der Waals surface area contributed by atoms with E-state index in [1.54, 1.807) is 12.1 Å².